The van der Waals surface area contributed by atoms with Gasteiger partial charge in [0, 0.05) is 22.9 Å². The quantitative estimate of drug-likeness (QED) is 0.350. The van der Waals surface area contributed by atoms with Gasteiger partial charge in [-0.2, -0.15) is 37.7 Å². The maximum Gasteiger partial charge on any atom is 0.417 e. The monoisotopic (exact) mass is 494 g/mol. The van der Waals surface area contributed by atoms with Crippen LogP contribution < -0.4 is 4.90 Å². The Hall–Kier alpha value is -2.07. The minimum atomic E-state index is -4.95. The highest BCUT2D eigenvalue weighted by atomic mass is 79.9. The molecule has 0 N–H and O–H groups in total. The minimum absolute atomic E-state index is 0.0485. The maximum absolute atomic E-state index is 13.4. The number of hydrogen-bond donors (Lipinski definition) is 0. The Bertz CT molecular complexity index is 920. The molecule has 0 atom stereocenters. The molecule has 2 aromatic heterocycles. The van der Waals surface area contributed by atoms with Gasteiger partial charge in [-0.25, -0.2) is 0 Å². The molecule has 0 aliphatic carbocycles. The number of pyridine rings is 1. The molecule has 0 spiro atoms. The van der Waals surface area contributed by atoms with E-state index in [0.29, 0.717) is 5.69 Å². The highest BCUT2D eigenvalue weighted by Gasteiger charge is 2.41. The third-order valence-corrected chi connectivity index (χ3v) is 5.65. The van der Waals surface area contributed by atoms with E-state index in [1.807, 2.05) is 0 Å². The number of halogens is 7. The first-order valence-corrected chi connectivity index (χ1v) is 9.93. The molecule has 0 saturated carbocycles. The summed E-state index contributed by atoms with van der Waals surface area (Å²) in [6, 6.07) is 8.27. The summed E-state index contributed by atoms with van der Waals surface area (Å²) >= 11 is 3.88. The van der Waals surface area contributed by atoms with Crippen molar-refractivity contribution in [2.24, 2.45) is 0 Å². The second-order valence-corrected chi connectivity index (χ2v) is 7.73. The lowest BCUT2D eigenvalue weighted by Crippen LogP contribution is -2.24. The average molecular weight is 495 g/mol. The van der Waals surface area contributed by atoms with Gasteiger partial charge in [-0.15, -0.1) is 0 Å². The molecule has 0 unspecified atom stereocenters. The highest BCUT2D eigenvalue weighted by molar-refractivity contribution is 9.10. The number of nitrogens with zero attached hydrogens (tertiary/aromatic N) is 2. The van der Waals surface area contributed by atoms with Gasteiger partial charge in [-0.05, 0) is 62.6 Å². The predicted octanol–water partition coefficient (Wildman–Crippen LogP) is 7.15. The summed E-state index contributed by atoms with van der Waals surface area (Å²) in [7, 11) is 0. The summed E-state index contributed by atoms with van der Waals surface area (Å²) in [4.78, 5) is 5.59. The van der Waals surface area contributed by atoms with E-state index in [9.17, 15) is 26.3 Å². The van der Waals surface area contributed by atoms with Crippen molar-refractivity contribution >= 4 is 33.0 Å². The lowest BCUT2D eigenvalue weighted by molar-refractivity contribution is -0.144. The normalized spacial score (nSPS) is 12.2. The van der Waals surface area contributed by atoms with Crippen molar-refractivity contribution in [3.8, 4) is 0 Å². The topological polar surface area (TPSA) is 16.1 Å². The molecule has 0 aliphatic rings. The summed E-state index contributed by atoms with van der Waals surface area (Å²) in [6.45, 7) is 0.184. The van der Waals surface area contributed by atoms with Crippen LogP contribution in [0.15, 0.2) is 57.8 Å². The fourth-order valence-corrected chi connectivity index (χ4v) is 4.07. The van der Waals surface area contributed by atoms with Crippen molar-refractivity contribution < 1.29 is 26.3 Å². The Morgan fingerprint density at radius 2 is 1.59 bits per heavy atom. The van der Waals surface area contributed by atoms with Crippen molar-refractivity contribution in [1.82, 2.24) is 4.98 Å². The van der Waals surface area contributed by atoms with Crippen LogP contribution in [0.2, 0.25) is 0 Å². The lowest BCUT2D eigenvalue weighted by atomic mass is 10.1. The third kappa shape index (κ3) is 5.30. The van der Waals surface area contributed by atoms with Gasteiger partial charge < -0.3 is 4.90 Å². The van der Waals surface area contributed by atoms with Crippen molar-refractivity contribution in [3.63, 3.8) is 0 Å². The van der Waals surface area contributed by atoms with Crippen LogP contribution in [0, 0.1) is 0 Å². The minimum Gasteiger partial charge on any atom is -0.361 e. The molecule has 2 nitrogen and oxygen atoms in total. The van der Waals surface area contributed by atoms with Crippen molar-refractivity contribution in [2.75, 3.05) is 4.90 Å². The number of aromatic nitrogens is 1. The van der Waals surface area contributed by atoms with Crippen molar-refractivity contribution in [1.29, 1.82) is 0 Å². The largest absolute Gasteiger partial charge is 0.417 e. The SMILES string of the molecule is FC(F)(F)c1cc(N(Cc2ccsc2)Cc2ccccn2)cc(C(F)(F)F)c1Br. The van der Waals surface area contributed by atoms with E-state index in [4.69, 9.17) is 0 Å². The molecule has 0 saturated heterocycles. The zero-order chi connectivity index (χ0) is 21.2. The summed E-state index contributed by atoms with van der Waals surface area (Å²) in [6.07, 6.45) is -8.39. The van der Waals surface area contributed by atoms with Crippen molar-refractivity contribution in [2.45, 2.75) is 25.4 Å². The van der Waals surface area contributed by atoms with Crippen LogP contribution in [0.5, 0.6) is 0 Å². The number of hydrogen-bond acceptors (Lipinski definition) is 3. The molecule has 0 bridgehead atoms. The maximum atomic E-state index is 13.4. The van der Waals surface area contributed by atoms with Gasteiger partial charge in [0.1, 0.15) is 0 Å². The van der Waals surface area contributed by atoms with E-state index >= 15 is 0 Å². The standard InChI is InChI=1S/C19H13BrF6N2S/c20-17-15(18(21,22)23)7-14(8-16(17)19(24,25)26)28(9-12-4-6-29-11-12)10-13-3-1-2-5-27-13/h1-8,11H,9-10H2. The smallest absolute Gasteiger partial charge is 0.361 e. The molecule has 0 radical (unpaired) electrons. The number of anilines is 1. The lowest BCUT2D eigenvalue weighted by Gasteiger charge is -2.27. The van der Waals surface area contributed by atoms with E-state index in [2.05, 4.69) is 20.9 Å². The van der Waals surface area contributed by atoms with Crippen LogP contribution >= 0.6 is 27.3 Å². The van der Waals surface area contributed by atoms with Crippen LogP contribution in [0.4, 0.5) is 32.0 Å². The van der Waals surface area contributed by atoms with Crippen molar-refractivity contribution in [3.05, 3.63) is 80.2 Å². The first-order valence-electron chi connectivity index (χ1n) is 8.19. The Labute approximate surface area is 174 Å². The number of rotatable bonds is 5. The number of benzene rings is 1. The molecule has 10 heteroatoms. The zero-order valence-electron chi connectivity index (χ0n) is 14.6. The fraction of sp³-hybridized carbons (Fsp3) is 0.211. The summed E-state index contributed by atoms with van der Waals surface area (Å²) in [5, 5.41) is 3.58. The molecule has 3 rings (SSSR count). The summed E-state index contributed by atoms with van der Waals surface area (Å²) in [5.41, 5.74) is -1.65. The molecular formula is C19H13BrF6N2S. The zero-order valence-corrected chi connectivity index (χ0v) is 17.0. The molecular weight excluding hydrogens is 482 g/mol. The molecule has 1 aromatic carbocycles. The van der Waals surface area contributed by atoms with Gasteiger partial charge in [0.25, 0.3) is 0 Å². The van der Waals surface area contributed by atoms with Gasteiger partial charge in [-0.1, -0.05) is 6.07 Å². The van der Waals surface area contributed by atoms with Gasteiger partial charge in [-0.3, -0.25) is 4.98 Å². The number of alkyl halides is 6. The van der Waals surface area contributed by atoms with E-state index in [1.165, 1.54) is 22.4 Å². The second-order valence-electron chi connectivity index (χ2n) is 6.16. The molecule has 0 fully saturated rings. The van der Waals surface area contributed by atoms with E-state index in [-0.39, 0.29) is 18.8 Å². The van der Waals surface area contributed by atoms with E-state index in [1.54, 1.807) is 35.0 Å². The average Bonchev–Trinajstić information content (AvgIpc) is 3.13. The molecule has 154 valence electrons. The van der Waals surface area contributed by atoms with E-state index < -0.39 is 28.0 Å². The van der Waals surface area contributed by atoms with Gasteiger partial charge >= 0.3 is 12.4 Å². The van der Waals surface area contributed by atoms with Gasteiger partial charge in [0.15, 0.2) is 0 Å². The molecule has 29 heavy (non-hydrogen) atoms. The first kappa shape index (κ1) is 21.6. The Morgan fingerprint density at radius 1 is 0.931 bits per heavy atom. The number of thiophene rings is 1. The van der Waals surface area contributed by atoms with Gasteiger partial charge in [0.2, 0.25) is 0 Å². The second kappa shape index (κ2) is 8.35. The Balaban J connectivity index is 2.12. The highest BCUT2D eigenvalue weighted by Crippen LogP contribution is 2.45. The molecule has 2 heterocycles. The predicted molar refractivity (Wildman–Crippen MR) is 103 cm³/mol. The first-order chi connectivity index (χ1) is 13.6. The van der Waals surface area contributed by atoms with Crippen LogP contribution in [0.3, 0.4) is 0 Å². The Kier molecular flexibility index (Phi) is 6.23. The molecule has 3 aromatic rings. The Morgan fingerprint density at radius 3 is 2.07 bits per heavy atom. The van der Waals surface area contributed by atoms with Crippen LogP contribution in [-0.2, 0) is 25.4 Å². The van der Waals surface area contributed by atoms with Crippen LogP contribution in [0.25, 0.3) is 0 Å². The third-order valence-electron chi connectivity index (χ3n) is 4.07. The molecule has 0 amide bonds. The summed E-state index contributed by atoms with van der Waals surface area (Å²) in [5.74, 6) is 0. The fourth-order valence-electron chi connectivity index (χ4n) is 2.73. The van der Waals surface area contributed by atoms with Crippen LogP contribution in [-0.4, -0.2) is 4.98 Å². The van der Waals surface area contributed by atoms with Crippen LogP contribution in [0.1, 0.15) is 22.4 Å². The summed E-state index contributed by atoms with van der Waals surface area (Å²) < 4.78 is 79.6. The van der Waals surface area contributed by atoms with Gasteiger partial charge in [0.05, 0.1) is 23.4 Å². The van der Waals surface area contributed by atoms with E-state index in [0.717, 1.165) is 17.7 Å². The molecule has 0 aliphatic heterocycles.